The third-order valence-electron chi connectivity index (χ3n) is 3.74. The van der Waals surface area contributed by atoms with Gasteiger partial charge in [-0.25, -0.2) is 13.2 Å². The van der Waals surface area contributed by atoms with Gasteiger partial charge < -0.3 is 9.84 Å². The van der Waals surface area contributed by atoms with Gasteiger partial charge in [-0.3, -0.25) is 0 Å². The first-order chi connectivity index (χ1) is 11.9. The van der Waals surface area contributed by atoms with Gasteiger partial charge in [0.15, 0.2) is 15.4 Å². The minimum atomic E-state index is -3.36. The summed E-state index contributed by atoms with van der Waals surface area (Å²) in [6.07, 6.45) is 1.41. The Morgan fingerprint density at radius 1 is 1.12 bits per heavy atom. The summed E-state index contributed by atoms with van der Waals surface area (Å²) < 4.78 is 28.9. The zero-order valence-corrected chi connectivity index (χ0v) is 16.7. The lowest BCUT2D eigenvalue weighted by atomic mass is 10.0. The number of halogens is 2. The molecule has 0 fully saturated rings. The van der Waals surface area contributed by atoms with E-state index in [1.807, 2.05) is 0 Å². The second-order valence-electron chi connectivity index (χ2n) is 6.37. The molecular weight excluding hydrogens is 399 g/mol. The lowest BCUT2D eigenvalue weighted by molar-refractivity contribution is -0.152. The van der Waals surface area contributed by atoms with E-state index in [9.17, 15) is 18.3 Å². The van der Waals surface area contributed by atoms with E-state index in [0.29, 0.717) is 28.3 Å². The zero-order valence-electron chi connectivity index (χ0n) is 14.4. The van der Waals surface area contributed by atoms with Crippen LogP contribution in [0.2, 0.25) is 10.0 Å². The Hall–Kier alpha value is -1.76. The summed E-state index contributed by atoms with van der Waals surface area (Å²) >= 11 is 12.3. The van der Waals surface area contributed by atoms with Gasteiger partial charge in [-0.1, -0.05) is 29.3 Å². The molecule has 0 amide bonds. The molecule has 1 N–H and O–H groups in total. The van der Waals surface area contributed by atoms with Crippen LogP contribution in [-0.2, 0) is 21.1 Å². The van der Waals surface area contributed by atoms with Crippen LogP contribution in [0.1, 0.15) is 25.0 Å². The van der Waals surface area contributed by atoms with Crippen LogP contribution >= 0.6 is 23.2 Å². The molecule has 0 aliphatic heterocycles. The first-order valence-corrected chi connectivity index (χ1v) is 10.2. The summed E-state index contributed by atoms with van der Waals surface area (Å²) in [4.78, 5) is 11.4. The average Bonchev–Trinajstić information content (AvgIpc) is 2.50. The van der Waals surface area contributed by atoms with E-state index in [1.165, 1.54) is 26.0 Å². The van der Waals surface area contributed by atoms with Crippen LogP contribution in [0, 0.1) is 0 Å². The quantitative estimate of drug-likeness (QED) is 0.761. The predicted molar refractivity (Wildman–Crippen MR) is 101 cm³/mol. The van der Waals surface area contributed by atoms with Crippen LogP contribution in [0.15, 0.2) is 41.3 Å². The van der Waals surface area contributed by atoms with Crippen LogP contribution in [0.4, 0.5) is 0 Å². The van der Waals surface area contributed by atoms with Crippen molar-refractivity contribution in [3.8, 4) is 5.75 Å². The molecule has 5 nitrogen and oxygen atoms in total. The van der Waals surface area contributed by atoms with E-state index in [1.54, 1.807) is 24.3 Å². The third kappa shape index (κ3) is 4.90. The number of sulfone groups is 1. The van der Waals surface area contributed by atoms with Gasteiger partial charge in [-0.05, 0) is 49.7 Å². The van der Waals surface area contributed by atoms with Crippen molar-refractivity contribution in [2.75, 3.05) is 6.26 Å². The molecule has 0 heterocycles. The Morgan fingerprint density at radius 2 is 1.77 bits per heavy atom. The summed E-state index contributed by atoms with van der Waals surface area (Å²) in [6.45, 7) is 2.89. The first kappa shape index (κ1) is 20.6. The van der Waals surface area contributed by atoms with E-state index < -0.39 is 21.4 Å². The molecule has 0 saturated heterocycles. The minimum absolute atomic E-state index is 0.126. The number of ether oxygens (including phenoxy) is 1. The van der Waals surface area contributed by atoms with Gasteiger partial charge >= 0.3 is 5.97 Å². The van der Waals surface area contributed by atoms with Crippen molar-refractivity contribution in [1.29, 1.82) is 0 Å². The maximum absolute atomic E-state index is 11.6. The van der Waals surface area contributed by atoms with E-state index in [-0.39, 0.29) is 9.92 Å². The van der Waals surface area contributed by atoms with Crippen LogP contribution in [-0.4, -0.2) is 31.4 Å². The highest BCUT2D eigenvalue weighted by atomic mass is 35.5. The van der Waals surface area contributed by atoms with Crippen molar-refractivity contribution in [2.24, 2.45) is 0 Å². The fourth-order valence-electron chi connectivity index (χ4n) is 2.21. The van der Waals surface area contributed by atoms with Gasteiger partial charge in [-0.15, -0.1) is 0 Å². The number of benzene rings is 2. The topological polar surface area (TPSA) is 80.7 Å². The van der Waals surface area contributed by atoms with Crippen molar-refractivity contribution >= 4 is 39.0 Å². The van der Waals surface area contributed by atoms with Gasteiger partial charge in [0.1, 0.15) is 5.75 Å². The van der Waals surface area contributed by atoms with Gasteiger partial charge in [0.05, 0.1) is 4.90 Å². The highest BCUT2D eigenvalue weighted by Gasteiger charge is 2.30. The maximum atomic E-state index is 11.6. The Bertz CT molecular complexity index is 952. The molecule has 0 bridgehead atoms. The summed E-state index contributed by atoms with van der Waals surface area (Å²) in [5.41, 5.74) is -0.118. The normalized spacial score (nSPS) is 12.0. The molecule has 0 atom stereocenters. The Labute approximate surface area is 162 Å². The van der Waals surface area contributed by atoms with Crippen molar-refractivity contribution in [1.82, 2.24) is 0 Å². The summed E-state index contributed by atoms with van der Waals surface area (Å²) in [6, 6.07) is 9.34. The highest BCUT2D eigenvalue weighted by Crippen LogP contribution is 2.31. The number of hydrogen-bond acceptors (Lipinski definition) is 4. The standard InChI is InChI=1S/C18H18Cl2O5S/c1-18(2,17(21)22)25-16-7-5-13(19)9-12(16)8-11-4-6-14(10-15(11)20)26(3,23)24/h4-7,9-10H,8H2,1-3H3,(H,21,22). The van der Waals surface area contributed by atoms with E-state index >= 15 is 0 Å². The maximum Gasteiger partial charge on any atom is 0.347 e. The van der Waals surface area contributed by atoms with Crippen LogP contribution < -0.4 is 4.74 Å². The third-order valence-corrected chi connectivity index (χ3v) is 5.43. The second kappa shape index (κ2) is 7.47. The predicted octanol–water partition coefficient (Wildman–Crippen LogP) is 4.23. The second-order valence-corrected chi connectivity index (χ2v) is 9.23. The van der Waals surface area contributed by atoms with Gasteiger partial charge in [0.2, 0.25) is 0 Å². The number of carboxylic acids is 1. The summed E-state index contributed by atoms with van der Waals surface area (Å²) in [5, 5.41) is 10.0. The Kier molecular flexibility index (Phi) is 5.90. The van der Waals surface area contributed by atoms with E-state index in [2.05, 4.69) is 0 Å². The van der Waals surface area contributed by atoms with Crippen molar-refractivity contribution < 1.29 is 23.1 Å². The Balaban J connectivity index is 2.41. The zero-order chi connectivity index (χ0) is 19.7. The molecule has 0 saturated carbocycles. The van der Waals surface area contributed by atoms with Crippen LogP contribution in [0.25, 0.3) is 0 Å². The number of aliphatic carboxylic acids is 1. The smallest absolute Gasteiger partial charge is 0.347 e. The fraction of sp³-hybridized carbons (Fsp3) is 0.278. The largest absolute Gasteiger partial charge is 0.478 e. The van der Waals surface area contributed by atoms with Crippen LogP contribution in [0.5, 0.6) is 5.75 Å². The number of hydrogen-bond donors (Lipinski definition) is 1. The lowest BCUT2D eigenvalue weighted by Crippen LogP contribution is -2.38. The molecule has 0 unspecified atom stereocenters. The Morgan fingerprint density at radius 3 is 2.31 bits per heavy atom. The van der Waals surface area contributed by atoms with Gasteiger partial charge in [0.25, 0.3) is 0 Å². The molecule has 2 rings (SSSR count). The molecule has 0 aliphatic rings. The number of carboxylic acid groups (broad SMARTS) is 1. The van der Waals surface area contributed by atoms with Gasteiger partial charge in [-0.2, -0.15) is 0 Å². The lowest BCUT2D eigenvalue weighted by Gasteiger charge is -2.23. The molecule has 0 spiro atoms. The van der Waals surface area contributed by atoms with E-state index in [4.69, 9.17) is 27.9 Å². The van der Waals surface area contributed by atoms with Gasteiger partial charge in [0, 0.05) is 28.3 Å². The molecular formula is C18H18Cl2O5S. The molecule has 0 aromatic heterocycles. The van der Waals surface area contributed by atoms with Crippen LogP contribution in [0.3, 0.4) is 0 Å². The first-order valence-electron chi connectivity index (χ1n) is 7.59. The molecule has 0 aliphatic carbocycles. The molecule has 8 heteroatoms. The highest BCUT2D eigenvalue weighted by molar-refractivity contribution is 7.90. The molecule has 140 valence electrons. The van der Waals surface area contributed by atoms with E-state index in [0.717, 1.165) is 6.26 Å². The molecule has 0 radical (unpaired) electrons. The average molecular weight is 417 g/mol. The van der Waals surface area contributed by atoms with Crippen molar-refractivity contribution in [3.05, 3.63) is 57.6 Å². The summed E-state index contributed by atoms with van der Waals surface area (Å²) in [7, 11) is -3.36. The molecule has 26 heavy (non-hydrogen) atoms. The fourth-order valence-corrected chi connectivity index (χ4v) is 3.37. The van der Waals surface area contributed by atoms with Crippen molar-refractivity contribution in [3.63, 3.8) is 0 Å². The molecule has 2 aromatic rings. The number of carbonyl (C=O) groups is 1. The SMILES string of the molecule is CC(C)(Oc1ccc(Cl)cc1Cc1ccc(S(C)(=O)=O)cc1Cl)C(=O)O. The summed E-state index contributed by atoms with van der Waals surface area (Å²) in [5.74, 6) is -0.737. The molecule has 2 aromatic carbocycles. The minimum Gasteiger partial charge on any atom is -0.478 e. The number of rotatable bonds is 6. The monoisotopic (exact) mass is 416 g/mol. The van der Waals surface area contributed by atoms with Crippen molar-refractivity contribution in [2.45, 2.75) is 30.8 Å².